The molecule has 1 heterocycles. The van der Waals surface area contributed by atoms with Gasteiger partial charge in [-0.05, 0) is 43.1 Å². The van der Waals surface area contributed by atoms with Crippen LogP contribution in [0.3, 0.4) is 0 Å². The van der Waals surface area contributed by atoms with E-state index in [0.29, 0.717) is 11.5 Å². The van der Waals surface area contributed by atoms with Gasteiger partial charge in [0.25, 0.3) is 0 Å². The van der Waals surface area contributed by atoms with Crippen LogP contribution < -0.4 is 0 Å². The molecular formula is C14H27NO. The van der Waals surface area contributed by atoms with Gasteiger partial charge in [-0.2, -0.15) is 0 Å². The minimum atomic E-state index is -0.138. The molecule has 1 saturated carbocycles. The van der Waals surface area contributed by atoms with Gasteiger partial charge in [0.15, 0.2) is 0 Å². The number of hydrogen-bond acceptors (Lipinski definition) is 2. The van der Waals surface area contributed by atoms with Crippen molar-refractivity contribution >= 4 is 0 Å². The molecule has 1 aliphatic heterocycles. The van der Waals surface area contributed by atoms with Crippen molar-refractivity contribution in [1.29, 1.82) is 0 Å². The molecule has 0 aromatic carbocycles. The van der Waals surface area contributed by atoms with Crippen molar-refractivity contribution in [3.63, 3.8) is 0 Å². The summed E-state index contributed by atoms with van der Waals surface area (Å²) in [5.74, 6) is 0. The van der Waals surface area contributed by atoms with E-state index in [1.807, 2.05) is 0 Å². The average Bonchev–Trinajstić information content (AvgIpc) is 2.41. The maximum absolute atomic E-state index is 10.4. The van der Waals surface area contributed by atoms with Crippen molar-refractivity contribution in [3.8, 4) is 0 Å². The summed E-state index contributed by atoms with van der Waals surface area (Å²) >= 11 is 0. The van der Waals surface area contributed by atoms with Gasteiger partial charge in [-0.1, -0.05) is 27.7 Å². The van der Waals surface area contributed by atoms with Crippen LogP contribution >= 0.6 is 0 Å². The summed E-state index contributed by atoms with van der Waals surface area (Å²) in [5.41, 5.74) is 0.553. The molecule has 16 heavy (non-hydrogen) atoms. The first kappa shape index (κ1) is 12.4. The third-order valence-corrected chi connectivity index (χ3v) is 4.65. The first-order valence-electron chi connectivity index (χ1n) is 6.74. The maximum atomic E-state index is 10.4. The monoisotopic (exact) mass is 225 g/mol. The number of aliphatic hydroxyl groups is 1. The van der Waals surface area contributed by atoms with Gasteiger partial charge < -0.3 is 5.11 Å². The Bertz CT molecular complexity index is 259. The van der Waals surface area contributed by atoms with Crippen LogP contribution in [0.1, 0.15) is 53.4 Å². The second kappa shape index (κ2) is 3.99. The molecule has 2 heteroatoms. The highest BCUT2D eigenvalue weighted by Crippen LogP contribution is 2.42. The summed E-state index contributed by atoms with van der Waals surface area (Å²) in [4.78, 5) is 2.54. The summed E-state index contributed by atoms with van der Waals surface area (Å²) in [6, 6.07) is 0.412. The van der Waals surface area contributed by atoms with E-state index in [9.17, 15) is 5.11 Å². The van der Waals surface area contributed by atoms with E-state index in [2.05, 4.69) is 32.6 Å². The Morgan fingerprint density at radius 2 is 1.81 bits per heavy atom. The Hall–Kier alpha value is -0.0800. The van der Waals surface area contributed by atoms with E-state index >= 15 is 0 Å². The van der Waals surface area contributed by atoms with Crippen LogP contribution in [0, 0.1) is 10.8 Å². The maximum Gasteiger partial charge on any atom is 0.0746 e. The van der Waals surface area contributed by atoms with Gasteiger partial charge in [0.2, 0.25) is 0 Å². The smallest absolute Gasteiger partial charge is 0.0746 e. The Balaban J connectivity index is 2.03. The van der Waals surface area contributed by atoms with Crippen LogP contribution in [0.2, 0.25) is 0 Å². The van der Waals surface area contributed by atoms with E-state index < -0.39 is 0 Å². The summed E-state index contributed by atoms with van der Waals surface area (Å²) in [6.07, 6.45) is 4.81. The first-order valence-corrected chi connectivity index (χ1v) is 6.74. The van der Waals surface area contributed by atoms with E-state index in [4.69, 9.17) is 0 Å². The SMILES string of the molecule is CC1(C)CCCN(C2CCC(C)(C)C2O)C1. The standard InChI is InChI=1S/C14H27NO/c1-13(2)7-5-9-15(10-13)11-6-8-14(3,4)12(11)16/h11-12,16H,5-10H2,1-4H3. The lowest BCUT2D eigenvalue weighted by Gasteiger charge is -2.43. The number of likely N-dealkylation sites (tertiary alicyclic amines) is 1. The van der Waals surface area contributed by atoms with E-state index in [0.717, 1.165) is 13.0 Å². The quantitative estimate of drug-likeness (QED) is 0.741. The number of nitrogens with zero attached hydrogens (tertiary/aromatic N) is 1. The summed E-state index contributed by atoms with van der Waals surface area (Å²) in [7, 11) is 0. The number of hydrogen-bond donors (Lipinski definition) is 1. The molecular weight excluding hydrogens is 198 g/mol. The zero-order valence-corrected chi connectivity index (χ0v) is 11.3. The minimum Gasteiger partial charge on any atom is -0.391 e. The molecule has 0 amide bonds. The van der Waals surface area contributed by atoms with Crippen molar-refractivity contribution in [3.05, 3.63) is 0 Å². The lowest BCUT2D eigenvalue weighted by molar-refractivity contribution is -0.0121. The Kier molecular flexibility index (Phi) is 3.09. The predicted octanol–water partition coefficient (Wildman–Crippen LogP) is 2.66. The van der Waals surface area contributed by atoms with E-state index in [-0.39, 0.29) is 11.5 Å². The average molecular weight is 225 g/mol. The Morgan fingerprint density at radius 3 is 2.31 bits per heavy atom. The van der Waals surface area contributed by atoms with Crippen LogP contribution in [0.25, 0.3) is 0 Å². The second-order valence-corrected chi connectivity index (χ2v) is 7.28. The summed E-state index contributed by atoms with van der Waals surface area (Å²) in [5, 5.41) is 10.4. The van der Waals surface area contributed by atoms with Crippen LogP contribution in [0.5, 0.6) is 0 Å². The highest BCUT2D eigenvalue weighted by molar-refractivity contribution is 4.98. The normalized spacial score (nSPS) is 38.8. The van der Waals surface area contributed by atoms with Gasteiger partial charge in [-0.25, -0.2) is 0 Å². The van der Waals surface area contributed by atoms with Crippen LogP contribution in [-0.2, 0) is 0 Å². The Labute approximate surface area is 100 Å². The zero-order valence-electron chi connectivity index (χ0n) is 11.3. The third kappa shape index (κ3) is 2.28. The number of rotatable bonds is 1. The molecule has 1 saturated heterocycles. The molecule has 2 nitrogen and oxygen atoms in total. The van der Waals surface area contributed by atoms with Gasteiger partial charge >= 0.3 is 0 Å². The third-order valence-electron chi connectivity index (χ3n) is 4.65. The fourth-order valence-corrected chi connectivity index (χ4v) is 3.48. The van der Waals surface area contributed by atoms with Gasteiger partial charge in [0.05, 0.1) is 6.10 Å². The van der Waals surface area contributed by atoms with Crippen molar-refractivity contribution in [1.82, 2.24) is 4.90 Å². The molecule has 2 atom stereocenters. The van der Waals surface area contributed by atoms with Gasteiger partial charge in [-0.3, -0.25) is 4.90 Å². The van der Waals surface area contributed by atoms with Crippen LogP contribution in [-0.4, -0.2) is 35.2 Å². The molecule has 0 radical (unpaired) electrons. The molecule has 2 aliphatic rings. The predicted molar refractivity (Wildman–Crippen MR) is 67.4 cm³/mol. The van der Waals surface area contributed by atoms with Crippen LogP contribution in [0.15, 0.2) is 0 Å². The van der Waals surface area contributed by atoms with Gasteiger partial charge in [0.1, 0.15) is 0 Å². The zero-order chi connectivity index (χ0) is 12.0. The first-order chi connectivity index (χ1) is 7.32. The van der Waals surface area contributed by atoms with Gasteiger partial charge in [0, 0.05) is 12.6 Å². The summed E-state index contributed by atoms with van der Waals surface area (Å²) in [6.45, 7) is 11.4. The fraction of sp³-hybridized carbons (Fsp3) is 1.00. The fourth-order valence-electron chi connectivity index (χ4n) is 3.48. The van der Waals surface area contributed by atoms with E-state index in [1.54, 1.807) is 0 Å². The molecule has 2 fully saturated rings. The molecule has 2 unspecified atom stereocenters. The Morgan fingerprint density at radius 1 is 1.12 bits per heavy atom. The van der Waals surface area contributed by atoms with E-state index in [1.165, 1.54) is 25.8 Å². The van der Waals surface area contributed by atoms with Crippen molar-refractivity contribution in [2.75, 3.05) is 13.1 Å². The molecule has 1 N–H and O–H groups in total. The van der Waals surface area contributed by atoms with Crippen molar-refractivity contribution in [2.24, 2.45) is 10.8 Å². The molecule has 0 aromatic heterocycles. The second-order valence-electron chi connectivity index (χ2n) is 7.28. The van der Waals surface area contributed by atoms with Crippen LogP contribution in [0.4, 0.5) is 0 Å². The lowest BCUT2D eigenvalue weighted by Crippen LogP contribution is -2.50. The molecule has 0 spiro atoms. The molecule has 94 valence electrons. The largest absolute Gasteiger partial charge is 0.391 e. The molecule has 1 aliphatic carbocycles. The number of aliphatic hydroxyl groups excluding tert-OH is 1. The highest BCUT2D eigenvalue weighted by atomic mass is 16.3. The minimum absolute atomic E-state index is 0.117. The topological polar surface area (TPSA) is 23.5 Å². The summed E-state index contributed by atoms with van der Waals surface area (Å²) < 4.78 is 0. The van der Waals surface area contributed by atoms with Crippen molar-refractivity contribution < 1.29 is 5.11 Å². The lowest BCUT2D eigenvalue weighted by atomic mass is 9.82. The highest BCUT2D eigenvalue weighted by Gasteiger charge is 2.44. The van der Waals surface area contributed by atoms with Gasteiger partial charge in [-0.15, -0.1) is 0 Å². The molecule has 0 aromatic rings. The molecule has 2 rings (SSSR count). The number of piperidine rings is 1. The van der Waals surface area contributed by atoms with Crippen molar-refractivity contribution in [2.45, 2.75) is 65.5 Å². The molecule has 0 bridgehead atoms.